The monoisotopic (exact) mass is 601 g/mol. The van der Waals surface area contributed by atoms with E-state index in [1.165, 1.54) is 35.2 Å². The Kier molecular flexibility index (Phi) is 10.1. The fourth-order valence-corrected chi connectivity index (χ4v) is 6.93. The van der Waals surface area contributed by atoms with Gasteiger partial charge < -0.3 is 10.2 Å². The Morgan fingerprint density at radius 2 is 1.50 bits per heavy atom. The second-order valence-corrected chi connectivity index (χ2v) is 12.6. The molecule has 0 radical (unpaired) electrons. The van der Waals surface area contributed by atoms with Crippen molar-refractivity contribution in [2.24, 2.45) is 0 Å². The van der Waals surface area contributed by atoms with Gasteiger partial charge in [0.05, 0.1) is 10.6 Å². The third kappa shape index (κ3) is 7.36. The molecule has 1 aliphatic rings. The molecule has 4 rings (SSSR count). The largest absolute Gasteiger partial charge is 0.352 e. The van der Waals surface area contributed by atoms with Crippen LogP contribution in [0.5, 0.6) is 0 Å². The van der Waals surface area contributed by atoms with Crippen molar-refractivity contribution in [1.82, 2.24) is 10.2 Å². The molecule has 0 heterocycles. The van der Waals surface area contributed by atoms with Gasteiger partial charge in [-0.05, 0) is 55.2 Å². The van der Waals surface area contributed by atoms with Gasteiger partial charge in [0.1, 0.15) is 12.6 Å². The Morgan fingerprint density at radius 1 is 0.925 bits per heavy atom. The number of amides is 2. The Bertz CT molecular complexity index is 1400. The molecule has 3 aromatic rings. The number of hydrogen-bond acceptors (Lipinski definition) is 4. The Balaban J connectivity index is 1.72. The fraction of sp³-hybridized carbons (Fsp3) is 0.333. The number of nitrogens with one attached hydrogen (secondary N) is 1. The van der Waals surface area contributed by atoms with Gasteiger partial charge in [-0.2, -0.15) is 0 Å². The zero-order valence-electron chi connectivity index (χ0n) is 22.3. The number of anilines is 1. The minimum absolute atomic E-state index is 0.0134. The summed E-state index contributed by atoms with van der Waals surface area (Å²) in [5.41, 5.74) is 0.976. The highest BCUT2D eigenvalue weighted by atomic mass is 35.5. The Labute approximate surface area is 246 Å². The summed E-state index contributed by atoms with van der Waals surface area (Å²) in [5.74, 6) is -0.755. The van der Waals surface area contributed by atoms with Crippen LogP contribution >= 0.6 is 23.2 Å². The van der Waals surface area contributed by atoms with Crippen LogP contribution in [0.2, 0.25) is 10.0 Å². The topological polar surface area (TPSA) is 86.8 Å². The molecule has 0 aromatic heterocycles. The number of nitrogens with zero attached hydrogens (tertiary/aromatic N) is 2. The highest BCUT2D eigenvalue weighted by Gasteiger charge is 2.34. The van der Waals surface area contributed by atoms with Crippen LogP contribution < -0.4 is 9.62 Å². The van der Waals surface area contributed by atoms with E-state index in [1.807, 2.05) is 37.3 Å². The van der Waals surface area contributed by atoms with E-state index in [2.05, 4.69) is 5.32 Å². The predicted octanol–water partition coefficient (Wildman–Crippen LogP) is 6.05. The van der Waals surface area contributed by atoms with Crippen molar-refractivity contribution < 1.29 is 18.0 Å². The van der Waals surface area contributed by atoms with Crippen molar-refractivity contribution in [3.05, 3.63) is 94.5 Å². The highest BCUT2D eigenvalue weighted by molar-refractivity contribution is 7.92. The van der Waals surface area contributed by atoms with Crippen LogP contribution in [0, 0.1) is 0 Å². The van der Waals surface area contributed by atoms with Crippen molar-refractivity contribution in [3.8, 4) is 0 Å². The summed E-state index contributed by atoms with van der Waals surface area (Å²) < 4.78 is 28.7. The molecule has 2 amide bonds. The number of halogens is 2. The molecule has 1 aliphatic carbocycles. The summed E-state index contributed by atoms with van der Waals surface area (Å²) in [4.78, 5) is 29.0. The first-order valence-electron chi connectivity index (χ1n) is 13.4. The van der Waals surface area contributed by atoms with E-state index in [9.17, 15) is 18.0 Å². The second kappa shape index (κ2) is 13.5. The van der Waals surface area contributed by atoms with Crippen molar-refractivity contribution >= 4 is 50.7 Å². The van der Waals surface area contributed by atoms with E-state index in [1.54, 1.807) is 18.2 Å². The molecular weight excluding hydrogens is 569 g/mol. The summed E-state index contributed by atoms with van der Waals surface area (Å²) in [7, 11) is -4.19. The molecule has 7 nitrogen and oxygen atoms in total. The minimum Gasteiger partial charge on any atom is -0.352 e. The van der Waals surface area contributed by atoms with Crippen LogP contribution in [0.4, 0.5) is 5.69 Å². The third-order valence-corrected chi connectivity index (χ3v) is 9.25. The SMILES string of the molecule is CCC(C(=O)NC1CCCC1)N(Cc1ccccc1)C(=O)CN(c1cc(Cl)cc(Cl)c1)S(=O)(=O)c1ccccc1. The maximum atomic E-state index is 14.1. The molecule has 0 aliphatic heterocycles. The lowest BCUT2D eigenvalue weighted by Gasteiger charge is -2.33. The minimum atomic E-state index is -4.19. The normalized spacial score (nSPS) is 14.5. The Hall–Kier alpha value is -3.07. The number of sulfonamides is 1. The molecule has 212 valence electrons. The van der Waals surface area contributed by atoms with Gasteiger partial charge >= 0.3 is 0 Å². The fourth-order valence-electron chi connectivity index (χ4n) is 5.00. The molecule has 0 saturated heterocycles. The zero-order valence-corrected chi connectivity index (χ0v) is 24.6. The number of rotatable bonds is 11. The number of hydrogen-bond donors (Lipinski definition) is 1. The van der Waals surface area contributed by atoms with Gasteiger partial charge in [-0.25, -0.2) is 8.42 Å². The smallest absolute Gasteiger partial charge is 0.264 e. The summed E-state index contributed by atoms with van der Waals surface area (Å²) in [5, 5.41) is 3.56. The molecule has 1 fully saturated rings. The molecule has 1 unspecified atom stereocenters. The van der Waals surface area contributed by atoms with E-state index in [0.717, 1.165) is 35.6 Å². The van der Waals surface area contributed by atoms with Crippen LogP contribution in [0.25, 0.3) is 0 Å². The predicted molar refractivity (Wildman–Crippen MR) is 159 cm³/mol. The molecule has 1 saturated carbocycles. The number of carbonyl (C=O) groups excluding carboxylic acids is 2. The summed E-state index contributed by atoms with van der Waals surface area (Å²) in [6.07, 6.45) is 4.30. The van der Waals surface area contributed by atoms with Gasteiger partial charge in [0, 0.05) is 22.6 Å². The van der Waals surface area contributed by atoms with E-state index in [-0.39, 0.29) is 39.1 Å². The van der Waals surface area contributed by atoms with E-state index < -0.39 is 28.5 Å². The molecule has 40 heavy (non-hydrogen) atoms. The first-order chi connectivity index (χ1) is 19.2. The molecule has 3 aromatic carbocycles. The van der Waals surface area contributed by atoms with E-state index >= 15 is 0 Å². The van der Waals surface area contributed by atoms with Crippen LogP contribution in [0.3, 0.4) is 0 Å². The molecule has 0 spiro atoms. The van der Waals surface area contributed by atoms with Crippen LogP contribution in [0.1, 0.15) is 44.6 Å². The lowest BCUT2D eigenvalue weighted by Crippen LogP contribution is -2.53. The van der Waals surface area contributed by atoms with E-state index in [4.69, 9.17) is 23.2 Å². The summed E-state index contributed by atoms with van der Waals surface area (Å²) in [6.45, 7) is 1.44. The van der Waals surface area contributed by atoms with E-state index in [0.29, 0.717) is 6.42 Å². The van der Waals surface area contributed by atoms with Gasteiger partial charge in [0.2, 0.25) is 11.8 Å². The number of benzene rings is 3. The standard InChI is InChI=1S/C30H33Cl2N3O4S/c1-2-28(30(37)33-25-13-9-10-14-25)34(20-22-11-5-3-6-12-22)29(36)21-35(26-18-23(31)17-24(32)19-26)40(38,39)27-15-7-4-8-16-27/h3-8,11-12,15-19,25,28H,2,9-10,13-14,20-21H2,1H3,(H,33,37). The molecule has 10 heteroatoms. The molecule has 0 bridgehead atoms. The average molecular weight is 603 g/mol. The van der Waals surface area contributed by atoms with Gasteiger partial charge in [-0.1, -0.05) is 91.5 Å². The van der Waals surface area contributed by atoms with Crippen LogP contribution in [0.15, 0.2) is 83.8 Å². The first-order valence-corrected chi connectivity index (χ1v) is 15.6. The third-order valence-electron chi connectivity index (χ3n) is 7.03. The number of carbonyl (C=O) groups is 2. The van der Waals surface area contributed by atoms with Crippen LogP contribution in [-0.2, 0) is 26.2 Å². The maximum Gasteiger partial charge on any atom is 0.264 e. The van der Waals surface area contributed by atoms with Crippen molar-refractivity contribution in [2.75, 3.05) is 10.8 Å². The molecular formula is C30H33Cl2N3O4S. The lowest BCUT2D eigenvalue weighted by atomic mass is 10.1. The summed E-state index contributed by atoms with van der Waals surface area (Å²) >= 11 is 12.5. The van der Waals surface area contributed by atoms with Gasteiger partial charge in [0.15, 0.2) is 0 Å². The van der Waals surface area contributed by atoms with Gasteiger partial charge in [-0.15, -0.1) is 0 Å². The van der Waals surface area contributed by atoms with Crippen molar-refractivity contribution in [3.63, 3.8) is 0 Å². The zero-order chi connectivity index (χ0) is 28.7. The molecule has 1 N–H and O–H groups in total. The molecule has 1 atom stereocenters. The highest BCUT2D eigenvalue weighted by Crippen LogP contribution is 2.30. The summed E-state index contributed by atoms with van der Waals surface area (Å²) in [6, 6.07) is 20.9. The van der Waals surface area contributed by atoms with Crippen molar-refractivity contribution in [2.45, 2.75) is 62.6 Å². The van der Waals surface area contributed by atoms with Crippen molar-refractivity contribution in [1.29, 1.82) is 0 Å². The average Bonchev–Trinajstić information content (AvgIpc) is 3.45. The maximum absolute atomic E-state index is 14.1. The van der Waals surface area contributed by atoms with Gasteiger partial charge in [-0.3, -0.25) is 13.9 Å². The van der Waals surface area contributed by atoms with Gasteiger partial charge in [0.25, 0.3) is 10.0 Å². The second-order valence-electron chi connectivity index (χ2n) is 9.87. The lowest BCUT2D eigenvalue weighted by molar-refractivity contribution is -0.140. The Morgan fingerprint density at radius 3 is 2.08 bits per heavy atom. The first kappa shape index (κ1) is 29.9. The quantitative estimate of drug-likeness (QED) is 0.289. The van der Waals surface area contributed by atoms with Crippen LogP contribution in [-0.4, -0.2) is 43.8 Å².